The van der Waals surface area contributed by atoms with E-state index < -0.39 is 28.5 Å². The third-order valence-corrected chi connectivity index (χ3v) is 8.63. The Morgan fingerprint density at radius 2 is 1.52 bits per heavy atom. The molecule has 3 aromatic rings. The second-order valence-electron chi connectivity index (χ2n) is 10.5. The van der Waals surface area contributed by atoms with Crippen molar-refractivity contribution in [2.75, 3.05) is 31.3 Å². The molecular formula is C32H39N3O6S. The first kappa shape index (κ1) is 30.9. The fourth-order valence-electron chi connectivity index (χ4n) is 5.29. The quantitative estimate of drug-likeness (QED) is 0.319. The first-order valence-electron chi connectivity index (χ1n) is 14.1. The van der Waals surface area contributed by atoms with Crippen LogP contribution in [0.2, 0.25) is 0 Å². The summed E-state index contributed by atoms with van der Waals surface area (Å²) in [5, 5.41) is 3.17. The van der Waals surface area contributed by atoms with E-state index in [-0.39, 0.29) is 36.4 Å². The van der Waals surface area contributed by atoms with Crippen molar-refractivity contribution < 1.29 is 27.5 Å². The van der Waals surface area contributed by atoms with Crippen molar-refractivity contribution in [2.45, 2.75) is 50.7 Å². The Hall–Kier alpha value is -4.05. The minimum absolute atomic E-state index is 0.0560. The third-order valence-electron chi connectivity index (χ3n) is 7.50. The minimum atomic E-state index is -3.93. The van der Waals surface area contributed by atoms with Crippen molar-refractivity contribution in [1.29, 1.82) is 0 Å². The number of benzene rings is 3. The molecule has 224 valence electrons. The van der Waals surface area contributed by atoms with Gasteiger partial charge in [0.2, 0.25) is 21.8 Å². The van der Waals surface area contributed by atoms with Gasteiger partial charge in [0.15, 0.2) is 0 Å². The summed E-state index contributed by atoms with van der Waals surface area (Å²) >= 11 is 0. The van der Waals surface area contributed by atoms with E-state index in [9.17, 15) is 18.0 Å². The third kappa shape index (κ3) is 8.03. The largest absolute Gasteiger partial charge is 0.497 e. The maximum Gasteiger partial charge on any atom is 0.244 e. The van der Waals surface area contributed by atoms with Crippen LogP contribution in [0, 0.1) is 0 Å². The number of nitrogens with one attached hydrogen (secondary N) is 1. The van der Waals surface area contributed by atoms with Crippen molar-refractivity contribution in [3.05, 3.63) is 90.0 Å². The molecule has 1 unspecified atom stereocenters. The Labute approximate surface area is 248 Å². The number of nitrogens with zero attached hydrogens (tertiary/aromatic N) is 2. The van der Waals surface area contributed by atoms with Crippen LogP contribution in [0.25, 0.3) is 0 Å². The number of sulfonamides is 1. The normalized spacial score (nSPS) is 14.2. The lowest BCUT2D eigenvalue weighted by Gasteiger charge is -2.34. The fraction of sp³-hybridized carbons (Fsp3) is 0.375. The monoisotopic (exact) mass is 593 g/mol. The van der Waals surface area contributed by atoms with Gasteiger partial charge >= 0.3 is 0 Å². The Balaban J connectivity index is 1.73. The van der Waals surface area contributed by atoms with Gasteiger partial charge in [0.05, 0.1) is 26.2 Å². The van der Waals surface area contributed by atoms with Gasteiger partial charge in [-0.3, -0.25) is 13.9 Å². The second kappa shape index (κ2) is 14.2. The average molecular weight is 594 g/mol. The second-order valence-corrected chi connectivity index (χ2v) is 12.4. The molecule has 42 heavy (non-hydrogen) atoms. The van der Waals surface area contributed by atoms with Gasteiger partial charge in [-0.25, -0.2) is 8.42 Å². The van der Waals surface area contributed by atoms with Gasteiger partial charge in [-0.15, -0.1) is 0 Å². The van der Waals surface area contributed by atoms with Crippen molar-refractivity contribution in [1.82, 2.24) is 10.2 Å². The van der Waals surface area contributed by atoms with Crippen LogP contribution in [0.5, 0.6) is 11.5 Å². The number of anilines is 1. The first-order chi connectivity index (χ1) is 20.2. The summed E-state index contributed by atoms with van der Waals surface area (Å²) in [5.74, 6) is -0.0396. The van der Waals surface area contributed by atoms with E-state index in [1.165, 1.54) is 19.1 Å². The van der Waals surface area contributed by atoms with Crippen LogP contribution >= 0.6 is 0 Å². The maximum absolute atomic E-state index is 14.2. The average Bonchev–Trinajstić information content (AvgIpc) is 3.50. The topological polar surface area (TPSA) is 105 Å². The van der Waals surface area contributed by atoms with Gasteiger partial charge in [0.25, 0.3) is 0 Å². The number of hydrogen-bond donors (Lipinski definition) is 1. The summed E-state index contributed by atoms with van der Waals surface area (Å²) in [6.45, 7) is -0.386. The number of hydrogen-bond acceptors (Lipinski definition) is 6. The predicted octanol–water partition coefficient (Wildman–Crippen LogP) is 4.17. The number of ether oxygens (including phenoxy) is 2. The fourth-order valence-corrected chi connectivity index (χ4v) is 6.14. The van der Waals surface area contributed by atoms with Crippen LogP contribution in [-0.4, -0.2) is 64.2 Å². The molecule has 3 aromatic carbocycles. The molecule has 1 aliphatic rings. The highest BCUT2D eigenvalue weighted by atomic mass is 32.2. The molecule has 0 bridgehead atoms. The van der Waals surface area contributed by atoms with E-state index in [4.69, 9.17) is 9.47 Å². The number of carbonyl (C=O) groups is 2. The Morgan fingerprint density at radius 3 is 2.10 bits per heavy atom. The number of amides is 2. The zero-order valence-corrected chi connectivity index (χ0v) is 25.2. The Morgan fingerprint density at radius 1 is 0.905 bits per heavy atom. The molecule has 0 radical (unpaired) electrons. The van der Waals surface area contributed by atoms with E-state index in [1.54, 1.807) is 18.2 Å². The first-order valence-corrected chi connectivity index (χ1v) is 15.9. The molecule has 0 aromatic heterocycles. The predicted molar refractivity (Wildman–Crippen MR) is 163 cm³/mol. The van der Waals surface area contributed by atoms with Crippen molar-refractivity contribution >= 4 is 27.5 Å². The van der Waals surface area contributed by atoms with E-state index in [0.29, 0.717) is 5.75 Å². The van der Waals surface area contributed by atoms with Crippen LogP contribution in [0.4, 0.5) is 5.69 Å². The highest BCUT2D eigenvalue weighted by molar-refractivity contribution is 7.92. The van der Waals surface area contributed by atoms with Gasteiger partial charge in [-0.05, 0) is 36.1 Å². The molecule has 0 aliphatic heterocycles. The lowest BCUT2D eigenvalue weighted by Crippen LogP contribution is -2.54. The van der Waals surface area contributed by atoms with E-state index in [1.807, 2.05) is 60.7 Å². The SMILES string of the molecule is COc1ccc(N(CC(=O)N(Cc2ccccc2)C(Cc2ccccc2)C(=O)NC2CCCC2)S(C)(=O)=O)c(OC)c1. The van der Waals surface area contributed by atoms with Crippen LogP contribution in [-0.2, 0) is 32.6 Å². The van der Waals surface area contributed by atoms with E-state index >= 15 is 0 Å². The van der Waals surface area contributed by atoms with Gasteiger partial charge < -0.3 is 19.7 Å². The highest BCUT2D eigenvalue weighted by Gasteiger charge is 2.34. The zero-order valence-electron chi connectivity index (χ0n) is 24.4. The molecule has 9 nitrogen and oxygen atoms in total. The molecule has 0 saturated heterocycles. The summed E-state index contributed by atoms with van der Waals surface area (Å²) in [6.07, 6.45) is 5.22. The lowest BCUT2D eigenvalue weighted by molar-refractivity contribution is -0.140. The summed E-state index contributed by atoms with van der Waals surface area (Å²) < 4.78 is 37.9. The van der Waals surface area contributed by atoms with Crippen LogP contribution in [0.1, 0.15) is 36.8 Å². The standard InChI is InChI=1S/C32H39N3O6S/c1-40-27-18-19-28(30(21-27)41-2)35(42(3,38)39)23-31(36)34(22-25-14-8-5-9-15-25)29(20-24-12-6-4-7-13-24)32(37)33-26-16-10-11-17-26/h4-9,12-15,18-19,21,26,29H,10-11,16-17,20,22-23H2,1-3H3,(H,33,37). The molecular weight excluding hydrogens is 554 g/mol. The van der Waals surface area contributed by atoms with E-state index in [2.05, 4.69) is 5.32 Å². The van der Waals surface area contributed by atoms with E-state index in [0.717, 1.165) is 47.4 Å². The summed E-state index contributed by atoms with van der Waals surface area (Å²) in [4.78, 5) is 29.6. The molecule has 1 aliphatic carbocycles. The van der Waals surface area contributed by atoms with Gasteiger partial charge in [-0.1, -0.05) is 73.5 Å². The summed E-state index contributed by atoms with van der Waals surface area (Å²) in [7, 11) is -1.01. The van der Waals surface area contributed by atoms with Crippen LogP contribution in [0.3, 0.4) is 0 Å². The number of methoxy groups -OCH3 is 2. The molecule has 1 N–H and O–H groups in total. The van der Waals surface area contributed by atoms with Gasteiger partial charge in [0, 0.05) is 25.1 Å². The number of rotatable bonds is 13. The molecule has 2 amide bonds. The minimum Gasteiger partial charge on any atom is -0.497 e. The lowest BCUT2D eigenvalue weighted by atomic mass is 10.0. The highest BCUT2D eigenvalue weighted by Crippen LogP contribution is 2.34. The van der Waals surface area contributed by atoms with Crippen molar-refractivity contribution in [3.63, 3.8) is 0 Å². The molecule has 0 spiro atoms. The van der Waals surface area contributed by atoms with Crippen LogP contribution in [0.15, 0.2) is 78.9 Å². The smallest absolute Gasteiger partial charge is 0.244 e. The molecule has 4 rings (SSSR count). The Kier molecular flexibility index (Phi) is 10.5. The molecule has 0 heterocycles. The molecule has 1 atom stereocenters. The number of carbonyl (C=O) groups excluding carboxylic acids is 2. The van der Waals surface area contributed by atoms with Gasteiger partial charge in [0.1, 0.15) is 24.1 Å². The Bertz CT molecular complexity index is 1440. The maximum atomic E-state index is 14.2. The van der Waals surface area contributed by atoms with Gasteiger partial charge in [-0.2, -0.15) is 0 Å². The summed E-state index contributed by atoms with van der Waals surface area (Å²) in [6, 6.07) is 22.8. The van der Waals surface area contributed by atoms with Crippen molar-refractivity contribution in [2.24, 2.45) is 0 Å². The molecule has 1 fully saturated rings. The molecule has 10 heteroatoms. The van der Waals surface area contributed by atoms with Crippen molar-refractivity contribution in [3.8, 4) is 11.5 Å². The van der Waals surface area contributed by atoms with Crippen LogP contribution < -0.4 is 19.1 Å². The molecule has 1 saturated carbocycles. The zero-order chi connectivity index (χ0) is 30.1. The summed E-state index contributed by atoms with van der Waals surface area (Å²) in [5.41, 5.74) is 1.92.